The Hall–Kier alpha value is -1.19. The third kappa shape index (κ3) is 3.95. The molecule has 0 aliphatic rings. The molecular weight excluding hydrogens is 238 g/mol. The number of benzene rings is 1. The first kappa shape index (κ1) is 13.9. The number of ether oxygens (including phenoxy) is 2. The Balaban J connectivity index is 3.02. The van der Waals surface area contributed by atoms with E-state index in [9.17, 15) is 0 Å². The van der Waals surface area contributed by atoms with Crippen LogP contribution in [0.2, 0.25) is 5.02 Å². The van der Waals surface area contributed by atoms with Crippen LogP contribution in [-0.2, 0) is 6.42 Å². The van der Waals surface area contributed by atoms with Gasteiger partial charge in [0.25, 0.3) is 0 Å². The van der Waals surface area contributed by atoms with E-state index >= 15 is 0 Å². The minimum absolute atomic E-state index is 0.0794. The smallest absolute Gasteiger partial charge is 0.180 e. The normalized spacial score (nSPS) is 12.0. The van der Waals surface area contributed by atoms with Crippen molar-refractivity contribution < 1.29 is 9.47 Å². The molecule has 1 atom stereocenters. The lowest BCUT2D eigenvalue weighted by atomic mass is 10.1. The molecule has 0 radical (unpaired) electrons. The number of nitrogens with two attached hydrogens (primary N) is 1. The average molecular weight is 256 g/mol. The summed E-state index contributed by atoms with van der Waals surface area (Å²) in [6.45, 7) is 5.93. The maximum atomic E-state index is 6.15. The Kier molecular flexibility index (Phi) is 5.32. The van der Waals surface area contributed by atoms with Crippen LogP contribution in [0.3, 0.4) is 0 Å². The standard InChI is InChI=1S/C13H18ClNO2/c1-4-5-17-13-11(14)7-10(6-9(2)15)8-12(13)16-3/h4,7-9H,1,5-6,15H2,2-3H3. The lowest BCUT2D eigenvalue weighted by molar-refractivity contribution is 0.326. The van der Waals surface area contributed by atoms with Crippen molar-refractivity contribution in [3.63, 3.8) is 0 Å². The quantitative estimate of drug-likeness (QED) is 0.795. The Morgan fingerprint density at radius 3 is 2.76 bits per heavy atom. The molecule has 2 N–H and O–H groups in total. The van der Waals surface area contributed by atoms with Gasteiger partial charge in [-0.1, -0.05) is 24.3 Å². The summed E-state index contributed by atoms with van der Waals surface area (Å²) in [5.41, 5.74) is 6.79. The summed E-state index contributed by atoms with van der Waals surface area (Å²) in [6.07, 6.45) is 2.41. The van der Waals surface area contributed by atoms with E-state index in [1.807, 2.05) is 19.1 Å². The van der Waals surface area contributed by atoms with E-state index < -0.39 is 0 Å². The molecule has 1 aromatic rings. The van der Waals surface area contributed by atoms with Crippen LogP contribution in [0, 0.1) is 0 Å². The summed E-state index contributed by atoms with van der Waals surface area (Å²) < 4.78 is 10.7. The van der Waals surface area contributed by atoms with Gasteiger partial charge in [0.05, 0.1) is 12.1 Å². The van der Waals surface area contributed by atoms with Crippen molar-refractivity contribution in [1.29, 1.82) is 0 Å². The molecule has 17 heavy (non-hydrogen) atoms. The monoisotopic (exact) mass is 255 g/mol. The molecule has 0 bridgehead atoms. The number of methoxy groups -OCH3 is 1. The fourth-order valence-electron chi connectivity index (χ4n) is 1.55. The maximum Gasteiger partial charge on any atom is 0.180 e. The Bertz CT molecular complexity index is 391. The summed E-state index contributed by atoms with van der Waals surface area (Å²) in [5, 5.41) is 0.529. The van der Waals surface area contributed by atoms with Crippen molar-refractivity contribution >= 4 is 11.6 Å². The zero-order valence-electron chi connectivity index (χ0n) is 10.2. The molecular formula is C13H18ClNO2. The summed E-state index contributed by atoms with van der Waals surface area (Å²) in [7, 11) is 1.59. The second-order valence-corrected chi connectivity index (χ2v) is 4.30. The first-order valence-electron chi connectivity index (χ1n) is 5.44. The van der Waals surface area contributed by atoms with Crippen LogP contribution in [0.4, 0.5) is 0 Å². The van der Waals surface area contributed by atoms with Gasteiger partial charge in [-0.25, -0.2) is 0 Å². The Morgan fingerprint density at radius 2 is 2.24 bits per heavy atom. The van der Waals surface area contributed by atoms with Crippen LogP contribution >= 0.6 is 11.6 Å². The van der Waals surface area contributed by atoms with Gasteiger partial charge in [-0.2, -0.15) is 0 Å². The molecule has 0 heterocycles. The van der Waals surface area contributed by atoms with E-state index in [-0.39, 0.29) is 6.04 Å². The molecule has 0 saturated carbocycles. The van der Waals surface area contributed by atoms with Crippen LogP contribution < -0.4 is 15.2 Å². The van der Waals surface area contributed by atoms with Crippen molar-refractivity contribution in [3.8, 4) is 11.5 Å². The molecule has 0 aromatic heterocycles. The Labute approximate surface area is 107 Å². The zero-order valence-corrected chi connectivity index (χ0v) is 11.0. The second kappa shape index (κ2) is 6.52. The van der Waals surface area contributed by atoms with Crippen molar-refractivity contribution in [2.24, 2.45) is 5.73 Å². The maximum absolute atomic E-state index is 6.15. The molecule has 0 aliphatic carbocycles. The van der Waals surface area contributed by atoms with Gasteiger partial charge >= 0.3 is 0 Å². The highest BCUT2D eigenvalue weighted by molar-refractivity contribution is 6.32. The van der Waals surface area contributed by atoms with Crippen LogP contribution in [0.1, 0.15) is 12.5 Å². The van der Waals surface area contributed by atoms with E-state index in [4.69, 9.17) is 26.8 Å². The SMILES string of the molecule is C=CCOc1c(Cl)cc(CC(C)N)cc1OC. The Morgan fingerprint density at radius 1 is 1.53 bits per heavy atom. The molecule has 0 amide bonds. The third-order valence-corrected chi connectivity index (χ3v) is 2.47. The first-order valence-corrected chi connectivity index (χ1v) is 5.82. The molecule has 94 valence electrons. The van der Waals surface area contributed by atoms with Gasteiger partial charge in [0.2, 0.25) is 0 Å². The van der Waals surface area contributed by atoms with E-state index in [0.29, 0.717) is 23.1 Å². The lowest BCUT2D eigenvalue weighted by Gasteiger charge is -2.14. The van der Waals surface area contributed by atoms with E-state index in [2.05, 4.69) is 6.58 Å². The summed E-state index contributed by atoms with van der Waals surface area (Å²) in [4.78, 5) is 0. The number of rotatable bonds is 6. The van der Waals surface area contributed by atoms with Crippen LogP contribution in [0.25, 0.3) is 0 Å². The zero-order chi connectivity index (χ0) is 12.8. The highest BCUT2D eigenvalue weighted by Crippen LogP contribution is 2.36. The van der Waals surface area contributed by atoms with E-state index in [1.54, 1.807) is 13.2 Å². The van der Waals surface area contributed by atoms with Gasteiger partial charge in [0, 0.05) is 6.04 Å². The summed E-state index contributed by atoms with van der Waals surface area (Å²) in [6, 6.07) is 3.83. The molecule has 0 saturated heterocycles. The van der Waals surface area contributed by atoms with Gasteiger partial charge in [0.1, 0.15) is 6.61 Å². The molecule has 0 spiro atoms. The van der Waals surface area contributed by atoms with Crippen LogP contribution in [0.5, 0.6) is 11.5 Å². The van der Waals surface area contributed by atoms with Crippen molar-refractivity contribution in [3.05, 3.63) is 35.4 Å². The predicted octanol–water partition coefficient (Wildman–Crippen LogP) is 2.80. The molecule has 0 fully saturated rings. The van der Waals surface area contributed by atoms with Crippen molar-refractivity contribution in [1.82, 2.24) is 0 Å². The first-order chi connectivity index (χ1) is 8.08. The van der Waals surface area contributed by atoms with Gasteiger partial charge in [-0.05, 0) is 31.0 Å². The summed E-state index contributed by atoms with van der Waals surface area (Å²) in [5.74, 6) is 1.16. The molecule has 1 aromatic carbocycles. The minimum Gasteiger partial charge on any atom is -0.493 e. The van der Waals surface area contributed by atoms with Gasteiger partial charge in [-0.3, -0.25) is 0 Å². The lowest BCUT2D eigenvalue weighted by Crippen LogP contribution is -2.17. The van der Waals surface area contributed by atoms with E-state index in [0.717, 1.165) is 12.0 Å². The highest BCUT2D eigenvalue weighted by atomic mass is 35.5. The molecule has 4 heteroatoms. The van der Waals surface area contributed by atoms with Gasteiger partial charge in [0.15, 0.2) is 11.5 Å². The van der Waals surface area contributed by atoms with Crippen LogP contribution in [0.15, 0.2) is 24.8 Å². The average Bonchev–Trinajstić information content (AvgIpc) is 2.26. The highest BCUT2D eigenvalue weighted by Gasteiger charge is 2.12. The van der Waals surface area contributed by atoms with Gasteiger partial charge < -0.3 is 15.2 Å². The molecule has 1 unspecified atom stereocenters. The third-order valence-electron chi connectivity index (χ3n) is 2.19. The van der Waals surface area contributed by atoms with Crippen molar-refractivity contribution in [2.45, 2.75) is 19.4 Å². The van der Waals surface area contributed by atoms with E-state index in [1.165, 1.54) is 0 Å². The van der Waals surface area contributed by atoms with Gasteiger partial charge in [-0.15, -0.1) is 0 Å². The fraction of sp³-hybridized carbons (Fsp3) is 0.385. The summed E-state index contributed by atoms with van der Waals surface area (Å²) >= 11 is 6.15. The topological polar surface area (TPSA) is 44.5 Å². The number of hydrogen-bond donors (Lipinski definition) is 1. The number of hydrogen-bond acceptors (Lipinski definition) is 3. The number of halogens is 1. The van der Waals surface area contributed by atoms with Crippen molar-refractivity contribution in [2.75, 3.05) is 13.7 Å². The molecule has 1 rings (SSSR count). The van der Waals surface area contributed by atoms with Crippen LogP contribution in [-0.4, -0.2) is 19.8 Å². The minimum atomic E-state index is 0.0794. The predicted molar refractivity (Wildman–Crippen MR) is 71.0 cm³/mol. The molecule has 3 nitrogen and oxygen atoms in total. The second-order valence-electron chi connectivity index (χ2n) is 3.89. The molecule has 0 aliphatic heterocycles. The fourth-order valence-corrected chi connectivity index (χ4v) is 1.83. The largest absolute Gasteiger partial charge is 0.493 e.